The monoisotopic (exact) mass is 351 g/mol. The lowest BCUT2D eigenvalue weighted by Crippen LogP contribution is -2.35. The Hall–Kier alpha value is -2.41. The molecule has 1 aromatic carbocycles. The smallest absolute Gasteiger partial charge is 0.325 e. The zero-order valence-corrected chi connectivity index (χ0v) is 13.7. The second-order valence-corrected chi connectivity index (χ2v) is 6.02. The number of carbonyl (C=O) groups excluding carboxylic acids is 1. The minimum Gasteiger partial charge on any atom is -0.480 e. The largest absolute Gasteiger partial charge is 0.480 e. The number of rotatable bonds is 3. The Bertz CT molecular complexity index is 814. The Morgan fingerprint density at radius 2 is 2.17 bits per heavy atom. The molecule has 1 aliphatic rings. The number of nitrogens with zero attached hydrogens (tertiary/aromatic N) is 3. The molecule has 2 aromatic rings. The van der Waals surface area contributed by atoms with Crippen molar-refractivity contribution >= 4 is 23.5 Å². The summed E-state index contributed by atoms with van der Waals surface area (Å²) in [5, 5.41) is 13.6. The van der Waals surface area contributed by atoms with Gasteiger partial charge >= 0.3 is 5.97 Å². The number of carbonyl (C=O) groups is 2. The summed E-state index contributed by atoms with van der Waals surface area (Å²) in [5.74, 6) is -1.68. The van der Waals surface area contributed by atoms with Crippen LogP contribution >= 0.6 is 11.6 Å². The quantitative estimate of drug-likeness (QED) is 0.921. The van der Waals surface area contributed by atoms with E-state index in [4.69, 9.17) is 16.7 Å². The minimum absolute atomic E-state index is 0.0998. The highest BCUT2D eigenvalue weighted by atomic mass is 35.5. The number of amides is 1. The van der Waals surface area contributed by atoms with E-state index in [1.54, 1.807) is 11.0 Å². The van der Waals surface area contributed by atoms with Gasteiger partial charge < -0.3 is 10.0 Å². The van der Waals surface area contributed by atoms with E-state index in [-0.39, 0.29) is 29.6 Å². The molecule has 24 heavy (non-hydrogen) atoms. The van der Waals surface area contributed by atoms with Gasteiger partial charge in [0.05, 0.1) is 10.6 Å². The summed E-state index contributed by atoms with van der Waals surface area (Å²) in [6, 6.07) is 4.31. The van der Waals surface area contributed by atoms with Crippen molar-refractivity contribution in [2.75, 3.05) is 6.54 Å². The summed E-state index contributed by atoms with van der Waals surface area (Å²) in [7, 11) is 0. The molecule has 0 saturated heterocycles. The summed E-state index contributed by atoms with van der Waals surface area (Å²) in [4.78, 5) is 24.4. The van der Waals surface area contributed by atoms with E-state index in [0.29, 0.717) is 29.9 Å². The van der Waals surface area contributed by atoms with Crippen molar-refractivity contribution in [2.24, 2.45) is 0 Å². The SMILES string of the molecule is CC(=O)N1CCc2c(c(-c3c(F)cccc3Cl)nn2CC(=O)O)C1. The lowest BCUT2D eigenvalue weighted by atomic mass is 10.0. The number of aromatic nitrogens is 2. The van der Waals surface area contributed by atoms with Crippen LogP contribution in [0.25, 0.3) is 11.3 Å². The van der Waals surface area contributed by atoms with Gasteiger partial charge in [0.1, 0.15) is 18.1 Å². The number of fused-ring (bicyclic) bond motifs is 1. The third-order valence-corrected chi connectivity index (χ3v) is 4.38. The first kappa shape index (κ1) is 16.4. The average molecular weight is 352 g/mol. The highest BCUT2D eigenvalue weighted by Crippen LogP contribution is 2.35. The van der Waals surface area contributed by atoms with Crippen molar-refractivity contribution in [3.8, 4) is 11.3 Å². The van der Waals surface area contributed by atoms with Gasteiger partial charge in [0.15, 0.2) is 0 Å². The maximum absolute atomic E-state index is 14.3. The van der Waals surface area contributed by atoms with E-state index in [9.17, 15) is 14.0 Å². The second kappa shape index (κ2) is 6.24. The molecule has 0 bridgehead atoms. The summed E-state index contributed by atoms with van der Waals surface area (Å²) in [6.45, 7) is 1.86. The van der Waals surface area contributed by atoms with Gasteiger partial charge in [0, 0.05) is 37.7 Å². The third-order valence-electron chi connectivity index (χ3n) is 4.06. The van der Waals surface area contributed by atoms with Crippen LogP contribution in [0.15, 0.2) is 18.2 Å². The van der Waals surface area contributed by atoms with Crippen LogP contribution in [0.1, 0.15) is 18.2 Å². The minimum atomic E-state index is -1.04. The molecule has 1 N–H and O–H groups in total. The Labute approximate surface area is 142 Å². The number of carboxylic acid groups (broad SMARTS) is 1. The molecule has 1 aromatic heterocycles. The first-order chi connectivity index (χ1) is 11.4. The van der Waals surface area contributed by atoms with Gasteiger partial charge in [0.25, 0.3) is 0 Å². The van der Waals surface area contributed by atoms with Crippen molar-refractivity contribution in [3.63, 3.8) is 0 Å². The van der Waals surface area contributed by atoms with Crippen molar-refractivity contribution in [3.05, 3.63) is 40.3 Å². The van der Waals surface area contributed by atoms with Gasteiger partial charge in [0.2, 0.25) is 5.91 Å². The highest BCUT2D eigenvalue weighted by Gasteiger charge is 2.29. The predicted molar refractivity (Wildman–Crippen MR) is 85.1 cm³/mol. The Morgan fingerprint density at radius 1 is 1.42 bits per heavy atom. The number of hydrogen-bond donors (Lipinski definition) is 1. The molecule has 1 aliphatic heterocycles. The number of carboxylic acids is 1. The second-order valence-electron chi connectivity index (χ2n) is 5.61. The van der Waals surface area contributed by atoms with Crippen LogP contribution in [0, 0.1) is 5.82 Å². The van der Waals surface area contributed by atoms with Crippen LogP contribution in [0.3, 0.4) is 0 Å². The number of benzene rings is 1. The van der Waals surface area contributed by atoms with Gasteiger partial charge in [-0.25, -0.2) is 4.39 Å². The molecule has 0 spiro atoms. The zero-order valence-electron chi connectivity index (χ0n) is 12.9. The van der Waals surface area contributed by atoms with Crippen molar-refractivity contribution < 1.29 is 19.1 Å². The topological polar surface area (TPSA) is 75.4 Å². The summed E-state index contributed by atoms with van der Waals surface area (Å²) in [5.41, 5.74) is 1.76. The van der Waals surface area contributed by atoms with Crippen molar-refractivity contribution in [2.45, 2.75) is 26.4 Å². The zero-order chi connectivity index (χ0) is 17.4. The molecule has 0 unspecified atom stereocenters. The first-order valence-electron chi connectivity index (χ1n) is 7.38. The molecule has 6 nitrogen and oxygen atoms in total. The van der Waals surface area contributed by atoms with Gasteiger partial charge in [-0.1, -0.05) is 17.7 Å². The molecular weight excluding hydrogens is 337 g/mol. The Kier molecular flexibility index (Phi) is 4.28. The van der Waals surface area contributed by atoms with Crippen LogP contribution in [0.5, 0.6) is 0 Å². The molecule has 3 rings (SSSR count). The number of hydrogen-bond acceptors (Lipinski definition) is 3. The Balaban J connectivity index is 2.17. The number of halogens is 2. The van der Waals surface area contributed by atoms with Crippen LogP contribution < -0.4 is 0 Å². The van der Waals surface area contributed by atoms with E-state index in [0.717, 1.165) is 0 Å². The van der Waals surface area contributed by atoms with E-state index in [1.807, 2.05) is 0 Å². The fourth-order valence-corrected chi connectivity index (χ4v) is 3.20. The molecule has 126 valence electrons. The van der Waals surface area contributed by atoms with Crippen molar-refractivity contribution in [1.82, 2.24) is 14.7 Å². The fourth-order valence-electron chi connectivity index (χ4n) is 2.94. The summed E-state index contributed by atoms with van der Waals surface area (Å²) >= 11 is 6.13. The first-order valence-corrected chi connectivity index (χ1v) is 7.76. The standard InChI is InChI=1S/C16H15ClFN3O3/c1-9(22)20-6-5-13-10(7-20)16(19-21(13)8-14(23)24)15-11(17)3-2-4-12(15)18/h2-4H,5-8H2,1H3,(H,23,24). The van der Waals surface area contributed by atoms with Crippen LogP contribution in [0.4, 0.5) is 4.39 Å². The highest BCUT2D eigenvalue weighted by molar-refractivity contribution is 6.33. The number of aliphatic carboxylic acids is 1. The molecule has 1 amide bonds. The molecule has 0 saturated carbocycles. The van der Waals surface area contributed by atoms with Gasteiger partial charge in [-0.05, 0) is 12.1 Å². The van der Waals surface area contributed by atoms with Crippen LogP contribution in [-0.2, 0) is 29.1 Å². The molecule has 0 fully saturated rings. The molecular formula is C16H15ClFN3O3. The van der Waals surface area contributed by atoms with E-state index in [1.165, 1.54) is 23.7 Å². The van der Waals surface area contributed by atoms with Gasteiger partial charge in [-0.2, -0.15) is 5.10 Å². The molecule has 2 heterocycles. The van der Waals surface area contributed by atoms with E-state index >= 15 is 0 Å². The molecule has 8 heteroatoms. The lowest BCUT2D eigenvalue weighted by molar-refractivity contribution is -0.138. The third kappa shape index (κ3) is 2.87. The maximum atomic E-state index is 14.3. The lowest BCUT2D eigenvalue weighted by Gasteiger charge is -2.26. The predicted octanol–water partition coefficient (Wildman–Crippen LogP) is 2.33. The Morgan fingerprint density at radius 3 is 2.79 bits per heavy atom. The van der Waals surface area contributed by atoms with Crippen LogP contribution in [-0.4, -0.2) is 38.2 Å². The van der Waals surface area contributed by atoms with Crippen LogP contribution in [0.2, 0.25) is 5.02 Å². The summed E-state index contributed by atoms with van der Waals surface area (Å²) < 4.78 is 15.7. The molecule has 0 atom stereocenters. The van der Waals surface area contributed by atoms with Gasteiger partial charge in [-0.15, -0.1) is 0 Å². The van der Waals surface area contributed by atoms with Gasteiger partial charge in [-0.3, -0.25) is 14.3 Å². The fraction of sp³-hybridized carbons (Fsp3) is 0.312. The normalized spacial score (nSPS) is 13.7. The molecule has 0 aliphatic carbocycles. The van der Waals surface area contributed by atoms with E-state index < -0.39 is 11.8 Å². The van der Waals surface area contributed by atoms with Crippen molar-refractivity contribution in [1.29, 1.82) is 0 Å². The van der Waals surface area contributed by atoms with E-state index in [2.05, 4.69) is 5.10 Å². The molecule has 0 radical (unpaired) electrons. The maximum Gasteiger partial charge on any atom is 0.325 e. The summed E-state index contributed by atoms with van der Waals surface area (Å²) in [6.07, 6.45) is 0.460. The average Bonchev–Trinajstić information content (AvgIpc) is 2.84.